The second kappa shape index (κ2) is 33.2. The Hall–Kier alpha value is -6.13. The summed E-state index contributed by atoms with van der Waals surface area (Å²) in [6.45, 7) is 23.5. The van der Waals surface area contributed by atoms with Crippen molar-refractivity contribution in [3.8, 4) is 0 Å². The molecule has 0 fully saturated rings. The topological polar surface area (TPSA) is 284 Å². The monoisotopic (exact) mass is 1090 g/mol. The molecule has 5 N–H and O–H groups in total. The number of rotatable bonds is 32. The first kappa shape index (κ1) is 70.9. The highest BCUT2D eigenvalue weighted by Crippen LogP contribution is 2.27. The number of nitrogens with zero attached hydrogens (tertiary/aromatic N) is 8. The van der Waals surface area contributed by atoms with Gasteiger partial charge in [-0.25, -0.2) is 0 Å². The highest BCUT2D eigenvalue weighted by Gasteiger charge is 2.44. The molecule has 1 unspecified atom stereocenters. The number of hydrogen-bond acceptors (Lipinski definition) is 12. The van der Waals surface area contributed by atoms with Gasteiger partial charge in [-0.1, -0.05) is 81.4 Å². The van der Waals surface area contributed by atoms with Crippen molar-refractivity contribution in [2.24, 2.45) is 41.2 Å². The van der Waals surface area contributed by atoms with Crippen LogP contribution < -0.4 is 16.4 Å². The maximum atomic E-state index is 14.9. The summed E-state index contributed by atoms with van der Waals surface area (Å²) >= 11 is 0. The molecular weight excluding hydrogens is 995 g/mol. The molecule has 0 aromatic rings. The van der Waals surface area contributed by atoms with Crippen LogP contribution in [0.2, 0.25) is 0 Å². The highest BCUT2D eigenvalue weighted by atomic mass is 16.4. The fourth-order valence-electron chi connectivity index (χ4n) is 9.23. The van der Waals surface area contributed by atoms with E-state index >= 15 is 0 Å². The van der Waals surface area contributed by atoms with Gasteiger partial charge in [-0.2, -0.15) is 0 Å². The van der Waals surface area contributed by atoms with Crippen molar-refractivity contribution in [1.29, 1.82) is 0 Å². The van der Waals surface area contributed by atoms with Gasteiger partial charge in [0.1, 0.15) is 55.6 Å². The molecule has 0 bridgehead atoms. The number of carbonyl (C=O) groups is 11. The van der Waals surface area contributed by atoms with Crippen LogP contribution >= 0.6 is 0 Å². The smallest absolute Gasteiger partial charge is 0.325 e. The molecule has 0 aliphatic heterocycles. The SMILES string of the molecule is C/C=C/C[C@@H](C)CC(C(=O)N[C@@H](CC)N(C)C(=O)CN(C(C)=O)[C@@H](CC(C)C)N(C)C(=O)[C@@H](C(C)C)N(C(C)=O)[C@@H](CC(C)C)C(=O)N[C@@H](C)C(=O)O)C(=O)N(C)[C@H](C(C)C)N(CC(=O)N(C)CN(C)C(=O)CN)C(C)=O. The minimum Gasteiger partial charge on any atom is -0.480 e. The van der Waals surface area contributed by atoms with Gasteiger partial charge in [0.15, 0.2) is 0 Å². The van der Waals surface area contributed by atoms with Gasteiger partial charge in [0.05, 0.1) is 13.2 Å². The maximum absolute atomic E-state index is 14.9. The van der Waals surface area contributed by atoms with E-state index in [1.807, 2.05) is 53.7 Å². The van der Waals surface area contributed by atoms with Crippen LogP contribution in [-0.2, 0) is 52.7 Å². The Labute approximate surface area is 458 Å². The molecule has 0 saturated carbocycles. The predicted octanol–water partition coefficient (Wildman–Crippen LogP) is 2.58. The van der Waals surface area contributed by atoms with E-state index in [9.17, 15) is 57.8 Å². The lowest BCUT2D eigenvalue weighted by molar-refractivity contribution is -0.160. The molecule has 23 heteroatoms. The van der Waals surface area contributed by atoms with Crippen molar-refractivity contribution < 1.29 is 57.8 Å². The number of hydrogen-bond donors (Lipinski definition) is 4. The number of amides is 10. The number of carbonyl (C=O) groups excluding carboxylic acids is 10. The van der Waals surface area contributed by atoms with Crippen LogP contribution in [0, 0.1) is 35.5 Å². The van der Waals surface area contributed by atoms with E-state index in [2.05, 4.69) is 10.6 Å². The van der Waals surface area contributed by atoms with Crippen LogP contribution in [0.4, 0.5) is 0 Å². The van der Waals surface area contributed by atoms with Gasteiger partial charge in [-0.05, 0) is 75.5 Å². The first-order chi connectivity index (χ1) is 35.5. The first-order valence-corrected chi connectivity index (χ1v) is 26.8. The summed E-state index contributed by atoms with van der Waals surface area (Å²) in [7, 11) is 7.32. The summed E-state index contributed by atoms with van der Waals surface area (Å²) < 4.78 is 0. The third-order valence-corrected chi connectivity index (χ3v) is 13.6. The van der Waals surface area contributed by atoms with E-state index in [-0.39, 0.29) is 56.7 Å². The number of carboxylic acids is 1. The third kappa shape index (κ3) is 21.7. The molecule has 0 radical (unpaired) electrons. The lowest BCUT2D eigenvalue weighted by atomic mass is 9.90. The van der Waals surface area contributed by atoms with Gasteiger partial charge in [-0.15, -0.1) is 0 Å². The Bertz CT molecular complexity index is 2070. The Morgan fingerprint density at radius 1 is 0.597 bits per heavy atom. The normalized spacial score (nSPS) is 14.6. The largest absolute Gasteiger partial charge is 0.480 e. The second-order valence-electron chi connectivity index (χ2n) is 22.0. The van der Waals surface area contributed by atoms with E-state index in [0.29, 0.717) is 6.42 Å². The Balaban J connectivity index is 7.24. The lowest BCUT2D eigenvalue weighted by Gasteiger charge is -2.44. The summed E-state index contributed by atoms with van der Waals surface area (Å²) in [5.74, 6) is -10.1. The highest BCUT2D eigenvalue weighted by molar-refractivity contribution is 6.01. The summed E-state index contributed by atoms with van der Waals surface area (Å²) in [6, 6.07) is -3.79. The molecule has 0 saturated heterocycles. The summed E-state index contributed by atoms with van der Waals surface area (Å²) in [6.07, 6.45) is 1.76. The minimum atomic E-state index is -1.33. The lowest BCUT2D eigenvalue weighted by Crippen LogP contribution is -2.63. The number of likely N-dealkylation sites (N-methyl/N-ethyl adjacent to an activating group) is 4. The van der Waals surface area contributed by atoms with Gasteiger partial charge < -0.3 is 60.7 Å². The molecule has 23 nitrogen and oxygen atoms in total. The number of nitrogens with two attached hydrogens (primary N) is 1. The van der Waals surface area contributed by atoms with Gasteiger partial charge in [0.2, 0.25) is 59.1 Å². The van der Waals surface area contributed by atoms with E-state index < -0.39 is 133 Å². The number of carboxylic acid groups (broad SMARTS) is 1. The van der Waals surface area contributed by atoms with E-state index in [1.54, 1.807) is 34.6 Å². The maximum Gasteiger partial charge on any atom is 0.325 e. The molecular formula is C54H97N11O12. The molecule has 10 amide bonds. The van der Waals surface area contributed by atoms with Crippen LogP contribution in [-0.4, -0.2) is 208 Å². The number of aliphatic carboxylic acids is 1. The zero-order valence-corrected chi connectivity index (χ0v) is 50.0. The van der Waals surface area contributed by atoms with Crippen LogP contribution in [0.25, 0.3) is 0 Å². The summed E-state index contributed by atoms with van der Waals surface area (Å²) in [5, 5.41) is 14.9. The van der Waals surface area contributed by atoms with Gasteiger partial charge in [0, 0.05) is 56.0 Å². The molecule has 8 atom stereocenters. The second-order valence-corrected chi connectivity index (χ2v) is 22.0. The Kier molecular flexibility index (Phi) is 30.6. The fraction of sp³-hybridized carbons (Fsp3) is 0.759. The Morgan fingerprint density at radius 3 is 1.55 bits per heavy atom. The Morgan fingerprint density at radius 2 is 1.12 bits per heavy atom. The minimum absolute atomic E-state index is 0.0691. The first-order valence-electron chi connectivity index (χ1n) is 26.8. The van der Waals surface area contributed by atoms with E-state index in [4.69, 9.17) is 5.73 Å². The van der Waals surface area contributed by atoms with E-state index in [0.717, 1.165) is 0 Å². The standard InChI is InChI=1S/C54H97N11O12/c1-21-23-24-36(11)27-41(52(74)62(20)51(35(9)10)64(39(14)67)29-46(70)59(17)31-58(16)45(69)28-55)49(72)57-43(22-2)60(18)47(71)30-63(38(13)66)44(26-33(5)6)61(19)53(75)48(34(7)8)65(40(15)68)42(25-32(3)4)50(73)56-37(12)54(76)77/h21,23,32-37,41-44,48,51H,22,24-31,55H2,1-20H3,(H,56,73)(H,57,72)(H,76,77)/b23-21+/t36-,37+,41?,42+,43-,44+,48-,51+/m1/s1. The third-order valence-electron chi connectivity index (χ3n) is 13.6. The quantitative estimate of drug-likeness (QED) is 0.0429. The summed E-state index contributed by atoms with van der Waals surface area (Å²) in [4.78, 5) is 161. The number of allylic oxidation sites excluding steroid dienone is 2. The average Bonchev–Trinajstić information content (AvgIpc) is 3.33. The molecule has 0 aliphatic carbocycles. The van der Waals surface area contributed by atoms with Crippen molar-refractivity contribution in [2.75, 3.05) is 61.5 Å². The van der Waals surface area contributed by atoms with Crippen molar-refractivity contribution in [3.63, 3.8) is 0 Å². The van der Waals surface area contributed by atoms with Crippen molar-refractivity contribution in [1.82, 2.24) is 49.8 Å². The van der Waals surface area contributed by atoms with Gasteiger partial charge >= 0.3 is 5.97 Å². The number of nitrogens with one attached hydrogen (secondary N) is 2. The van der Waals surface area contributed by atoms with E-state index in [1.165, 1.54) is 102 Å². The molecule has 0 aliphatic rings. The molecule has 0 aromatic carbocycles. The molecule has 440 valence electrons. The van der Waals surface area contributed by atoms with Crippen LogP contribution in [0.15, 0.2) is 12.2 Å². The zero-order chi connectivity index (χ0) is 60.1. The van der Waals surface area contributed by atoms with Crippen LogP contribution in [0.1, 0.15) is 136 Å². The fourth-order valence-corrected chi connectivity index (χ4v) is 9.23. The molecule has 0 heterocycles. The molecule has 77 heavy (non-hydrogen) atoms. The van der Waals surface area contributed by atoms with Gasteiger partial charge in [0.25, 0.3) is 0 Å². The zero-order valence-electron chi connectivity index (χ0n) is 50.0. The average molecular weight is 1090 g/mol. The van der Waals surface area contributed by atoms with Crippen LogP contribution in [0.5, 0.6) is 0 Å². The van der Waals surface area contributed by atoms with Gasteiger partial charge in [-0.3, -0.25) is 52.7 Å². The predicted molar refractivity (Wildman–Crippen MR) is 293 cm³/mol. The van der Waals surface area contributed by atoms with Crippen molar-refractivity contribution >= 4 is 65.0 Å². The molecule has 0 spiro atoms. The van der Waals surface area contributed by atoms with Crippen LogP contribution in [0.3, 0.4) is 0 Å². The summed E-state index contributed by atoms with van der Waals surface area (Å²) in [5.41, 5.74) is 5.49. The molecule has 0 aromatic heterocycles. The van der Waals surface area contributed by atoms with Crippen molar-refractivity contribution in [2.45, 2.75) is 173 Å². The van der Waals surface area contributed by atoms with Crippen molar-refractivity contribution in [3.05, 3.63) is 12.2 Å². The molecule has 0 rings (SSSR count).